The Labute approximate surface area is 320 Å². The molecular formula is C45H72O8. The summed E-state index contributed by atoms with van der Waals surface area (Å²) < 4.78 is 11.7. The molecule has 4 N–H and O–H groups in total. The highest BCUT2D eigenvalue weighted by Gasteiger charge is 2.41. The van der Waals surface area contributed by atoms with E-state index in [4.69, 9.17) is 14.6 Å². The van der Waals surface area contributed by atoms with Gasteiger partial charge in [-0.2, -0.15) is 0 Å². The number of ketones is 1. The van der Waals surface area contributed by atoms with Crippen LogP contribution in [0.15, 0.2) is 0 Å². The van der Waals surface area contributed by atoms with Crippen molar-refractivity contribution >= 4 is 11.8 Å². The smallest absolute Gasteiger partial charge is 0.347 e. The summed E-state index contributed by atoms with van der Waals surface area (Å²) in [5.41, 5.74) is 5.06. The number of hydrogen-bond acceptors (Lipinski definition) is 7. The first kappa shape index (κ1) is 45.9. The van der Waals surface area contributed by atoms with Crippen molar-refractivity contribution in [2.24, 2.45) is 0 Å². The number of carbonyl (C=O) groups is 2. The van der Waals surface area contributed by atoms with Gasteiger partial charge in [-0.05, 0) is 121 Å². The summed E-state index contributed by atoms with van der Waals surface area (Å²) in [7, 11) is 0. The number of phenolic OH excluding ortho intramolecular Hbond substituents is 2. The van der Waals surface area contributed by atoms with E-state index in [0.29, 0.717) is 37.4 Å². The number of rotatable bonds is 16. The van der Waals surface area contributed by atoms with Crippen molar-refractivity contribution < 1.29 is 39.5 Å². The largest absolute Gasteiger partial charge is 0.507 e. The highest BCUT2D eigenvalue weighted by atomic mass is 16.5. The Balaban J connectivity index is 0.000000275. The van der Waals surface area contributed by atoms with Crippen LogP contribution in [0.1, 0.15) is 175 Å². The van der Waals surface area contributed by atoms with Crippen LogP contribution in [0.4, 0.5) is 0 Å². The number of phenols is 2. The second-order valence-corrected chi connectivity index (χ2v) is 15.9. The van der Waals surface area contributed by atoms with E-state index in [0.717, 1.165) is 63.1 Å². The molecule has 0 fully saturated rings. The second kappa shape index (κ2) is 21.6. The van der Waals surface area contributed by atoms with E-state index in [-0.39, 0.29) is 11.5 Å². The maximum atomic E-state index is 11.7. The molecular weight excluding hydrogens is 668 g/mol. The molecule has 0 aliphatic carbocycles. The van der Waals surface area contributed by atoms with Crippen molar-refractivity contribution in [3.8, 4) is 23.0 Å². The highest BCUT2D eigenvalue weighted by molar-refractivity contribution is 5.85. The Morgan fingerprint density at radius 2 is 0.906 bits per heavy atom. The molecule has 2 aromatic carbocycles. The third kappa shape index (κ3) is 12.4. The van der Waals surface area contributed by atoms with E-state index < -0.39 is 17.2 Å². The minimum absolute atomic E-state index is 0.0518. The molecule has 0 unspecified atom stereocenters. The standard InChI is InChI=1S/C16H34O.C15H20O3.C14H18O4/c1-2-3-4-5-6-7-8-9-10-11-12-13-14-15-16-17;1-8-9(2)14-12(10(3)13(8)17)6-7-15(5,18-14)11(4)16;1-7-8(2)12-10(9(3)11(7)15)5-6-14(4,18-12)13(16)17/h17H,2-16H2,1H3;17H,6-7H2,1-5H3;15H,5-6H2,1-4H3,(H,16,17)/t;15-;14-/m.00/s1. The normalized spacial score (nSPS) is 18.6. The molecule has 2 aliphatic heterocycles. The Bertz CT molecular complexity index is 1400. The number of unbranched alkanes of at least 4 members (excludes halogenated alkanes) is 13. The molecule has 0 aromatic heterocycles. The summed E-state index contributed by atoms with van der Waals surface area (Å²) in [4.78, 5) is 23.0. The van der Waals surface area contributed by atoms with Crippen LogP contribution in [0.2, 0.25) is 0 Å². The fraction of sp³-hybridized carbons (Fsp3) is 0.689. The van der Waals surface area contributed by atoms with Gasteiger partial charge in [0, 0.05) is 24.2 Å². The van der Waals surface area contributed by atoms with Crippen molar-refractivity contribution in [3.05, 3.63) is 44.5 Å². The van der Waals surface area contributed by atoms with Crippen LogP contribution in [-0.4, -0.2) is 50.0 Å². The first-order chi connectivity index (χ1) is 25.0. The number of carbonyl (C=O) groups excluding carboxylic acids is 1. The molecule has 0 radical (unpaired) electrons. The molecule has 0 saturated carbocycles. The second-order valence-electron chi connectivity index (χ2n) is 15.9. The predicted molar refractivity (Wildman–Crippen MR) is 215 cm³/mol. The van der Waals surface area contributed by atoms with Gasteiger partial charge >= 0.3 is 5.97 Å². The highest BCUT2D eigenvalue weighted by Crippen LogP contribution is 2.44. The number of fused-ring (bicyclic) bond motifs is 2. The first-order valence-corrected chi connectivity index (χ1v) is 20.3. The zero-order chi connectivity index (χ0) is 39.9. The number of aliphatic hydroxyl groups excluding tert-OH is 1. The summed E-state index contributed by atoms with van der Waals surface area (Å²) in [5.74, 6) is 1.15. The number of carboxylic acids is 1. The van der Waals surface area contributed by atoms with Crippen LogP contribution in [0.3, 0.4) is 0 Å². The maximum Gasteiger partial charge on any atom is 0.347 e. The Hall–Kier alpha value is -3.26. The number of carboxylic acid groups (broad SMARTS) is 1. The van der Waals surface area contributed by atoms with Gasteiger partial charge in [-0.1, -0.05) is 90.4 Å². The van der Waals surface area contributed by atoms with Gasteiger partial charge in [0.25, 0.3) is 0 Å². The summed E-state index contributed by atoms with van der Waals surface area (Å²) in [5, 5.41) is 37.9. The van der Waals surface area contributed by atoms with Crippen molar-refractivity contribution in [3.63, 3.8) is 0 Å². The van der Waals surface area contributed by atoms with E-state index in [2.05, 4.69) is 6.92 Å². The van der Waals surface area contributed by atoms with E-state index in [1.807, 2.05) is 48.5 Å². The Morgan fingerprint density at radius 1 is 0.566 bits per heavy atom. The zero-order valence-electron chi connectivity index (χ0n) is 34.9. The number of aliphatic hydroxyl groups is 1. The quantitative estimate of drug-likeness (QED) is 0.125. The summed E-state index contributed by atoms with van der Waals surface area (Å²) in [6.45, 7) is 18.9. The fourth-order valence-electron chi connectivity index (χ4n) is 7.20. The lowest BCUT2D eigenvalue weighted by atomic mass is 9.85. The average Bonchev–Trinajstić information content (AvgIpc) is 3.13. The Kier molecular flexibility index (Phi) is 18.7. The molecule has 2 atom stereocenters. The number of Topliss-reactive ketones (excluding diaryl/α,β-unsaturated/α-hetero) is 1. The van der Waals surface area contributed by atoms with Crippen molar-refractivity contribution in [2.45, 2.75) is 196 Å². The van der Waals surface area contributed by atoms with Gasteiger partial charge in [0.15, 0.2) is 11.4 Å². The molecule has 2 heterocycles. The molecule has 53 heavy (non-hydrogen) atoms. The summed E-state index contributed by atoms with van der Waals surface area (Å²) >= 11 is 0. The van der Waals surface area contributed by atoms with E-state index in [1.54, 1.807) is 13.8 Å². The van der Waals surface area contributed by atoms with Gasteiger partial charge in [-0.25, -0.2) is 4.79 Å². The number of aromatic hydroxyl groups is 2. The number of aliphatic carboxylic acids is 1. The van der Waals surface area contributed by atoms with E-state index in [1.165, 1.54) is 83.5 Å². The maximum absolute atomic E-state index is 11.7. The summed E-state index contributed by atoms with van der Waals surface area (Å²) in [6.07, 6.45) is 21.7. The van der Waals surface area contributed by atoms with Crippen LogP contribution in [0.5, 0.6) is 23.0 Å². The molecule has 8 nitrogen and oxygen atoms in total. The molecule has 2 aromatic rings. The van der Waals surface area contributed by atoms with Gasteiger partial charge in [-0.3, -0.25) is 4.79 Å². The van der Waals surface area contributed by atoms with E-state index in [9.17, 15) is 24.9 Å². The zero-order valence-corrected chi connectivity index (χ0v) is 34.9. The minimum atomic E-state index is -1.17. The van der Waals surface area contributed by atoms with Gasteiger partial charge in [0.05, 0.1) is 0 Å². The van der Waals surface area contributed by atoms with E-state index >= 15 is 0 Å². The SMILES string of the molecule is CC(=O)[C@]1(C)CCc2c(C)c(O)c(C)c(C)c2O1.CCCCCCCCCCCCCCCCO.Cc1c(C)c2c(c(C)c1O)CC[C@@](C)(C(=O)O)O2. The lowest BCUT2D eigenvalue weighted by molar-refractivity contribution is -0.155. The van der Waals surface area contributed by atoms with Gasteiger partial charge in [0.1, 0.15) is 23.0 Å². The molecule has 2 aliphatic rings. The molecule has 0 bridgehead atoms. The van der Waals surface area contributed by atoms with Gasteiger partial charge < -0.3 is 29.9 Å². The van der Waals surface area contributed by atoms with Crippen molar-refractivity contribution in [1.82, 2.24) is 0 Å². The van der Waals surface area contributed by atoms with Crippen LogP contribution < -0.4 is 9.47 Å². The van der Waals surface area contributed by atoms with Crippen molar-refractivity contribution in [2.75, 3.05) is 6.61 Å². The lowest BCUT2D eigenvalue weighted by Crippen LogP contribution is -2.44. The van der Waals surface area contributed by atoms with Crippen LogP contribution in [-0.2, 0) is 22.4 Å². The third-order valence-corrected chi connectivity index (χ3v) is 11.7. The van der Waals surface area contributed by atoms with Crippen molar-refractivity contribution in [1.29, 1.82) is 0 Å². The molecule has 0 spiro atoms. The molecule has 4 rings (SSSR count). The van der Waals surface area contributed by atoms with Gasteiger partial charge in [-0.15, -0.1) is 0 Å². The van der Waals surface area contributed by atoms with Crippen LogP contribution in [0.25, 0.3) is 0 Å². The molecule has 0 saturated heterocycles. The predicted octanol–water partition coefficient (Wildman–Crippen LogP) is 10.9. The van der Waals surface area contributed by atoms with Crippen LogP contribution >= 0.6 is 0 Å². The molecule has 8 heteroatoms. The van der Waals surface area contributed by atoms with Crippen LogP contribution in [0, 0.1) is 41.5 Å². The average molecular weight is 741 g/mol. The lowest BCUT2D eigenvalue weighted by Gasteiger charge is -2.36. The monoisotopic (exact) mass is 741 g/mol. The van der Waals surface area contributed by atoms with Gasteiger partial charge in [0.2, 0.25) is 5.60 Å². The number of benzene rings is 2. The molecule has 0 amide bonds. The minimum Gasteiger partial charge on any atom is -0.507 e. The number of ether oxygens (including phenoxy) is 2. The fourth-order valence-corrected chi connectivity index (χ4v) is 7.20. The topological polar surface area (TPSA) is 134 Å². The first-order valence-electron chi connectivity index (χ1n) is 20.3. The number of hydrogen-bond donors (Lipinski definition) is 4. The molecule has 300 valence electrons. The Morgan fingerprint density at radius 3 is 1.25 bits per heavy atom. The summed E-state index contributed by atoms with van der Waals surface area (Å²) in [6, 6.07) is 0. The third-order valence-electron chi connectivity index (χ3n) is 11.7.